The number of aryl methyl sites for hydroxylation is 1. The van der Waals surface area contributed by atoms with Gasteiger partial charge < -0.3 is 9.32 Å². The zero-order valence-corrected chi connectivity index (χ0v) is 10.0. The topological polar surface area (TPSA) is 33.5 Å². The Kier molecular flexibility index (Phi) is 3.28. The number of benzene rings is 1. The van der Waals surface area contributed by atoms with Crippen LogP contribution in [0.25, 0.3) is 0 Å². The van der Waals surface area contributed by atoms with E-state index in [2.05, 4.69) is 19.1 Å². The van der Waals surface area contributed by atoms with Crippen LogP contribution in [0.3, 0.4) is 0 Å². The Balaban J connectivity index is 2.36. The van der Waals surface area contributed by atoms with E-state index >= 15 is 0 Å². The zero-order valence-electron chi connectivity index (χ0n) is 10.0. The van der Waals surface area contributed by atoms with E-state index in [1.54, 1.807) is 6.07 Å². The Labute approximate surface area is 101 Å². The van der Waals surface area contributed by atoms with E-state index in [1.807, 2.05) is 30.0 Å². The van der Waals surface area contributed by atoms with E-state index < -0.39 is 0 Å². The van der Waals surface area contributed by atoms with Crippen LogP contribution in [0.5, 0.6) is 0 Å². The van der Waals surface area contributed by atoms with Crippen molar-refractivity contribution in [3.63, 3.8) is 0 Å². The monoisotopic (exact) mass is 229 g/mol. The first kappa shape index (κ1) is 11.5. The zero-order chi connectivity index (χ0) is 12.3. The highest BCUT2D eigenvalue weighted by molar-refractivity contribution is 5.72. The molecule has 0 unspecified atom stereocenters. The van der Waals surface area contributed by atoms with Crippen molar-refractivity contribution in [1.29, 1.82) is 0 Å². The van der Waals surface area contributed by atoms with E-state index in [4.69, 9.17) is 4.42 Å². The highest BCUT2D eigenvalue weighted by Crippen LogP contribution is 2.27. The number of furan rings is 1. The van der Waals surface area contributed by atoms with Crippen molar-refractivity contribution >= 4 is 17.9 Å². The lowest BCUT2D eigenvalue weighted by Gasteiger charge is -2.20. The van der Waals surface area contributed by atoms with E-state index in [0.717, 1.165) is 12.2 Å². The Morgan fingerprint density at radius 2 is 2.12 bits per heavy atom. The highest BCUT2D eigenvalue weighted by atomic mass is 16.4. The van der Waals surface area contributed by atoms with Gasteiger partial charge in [-0.05, 0) is 37.6 Å². The molecule has 0 aliphatic carbocycles. The molecule has 0 fully saturated rings. The van der Waals surface area contributed by atoms with Gasteiger partial charge in [-0.1, -0.05) is 12.1 Å². The molecule has 3 nitrogen and oxygen atoms in total. The molecule has 0 saturated heterocycles. The summed E-state index contributed by atoms with van der Waals surface area (Å²) in [5.41, 5.74) is 2.27. The molecule has 0 spiro atoms. The molecular weight excluding hydrogens is 214 g/mol. The summed E-state index contributed by atoms with van der Waals surface area (Å²) in [6.45, 7) is 4.89. The van der Waals surface area contributed by atoms with E-state index in [0.29, 0.717) is 17.9 Å². The van der Waals surface area contributed by atoms with Gasteiger partial charge in [0.15, 0.2) is 12.0 Å². The SMILES string of the molecule is CCN(c1cccc(C)c1)c1ccc(C=O)o1. The second kappa shape index (κ2) is 4.87. The molecule has 17 heavy (non-hydrogen) atoms. The number of hydrogen-bond acceptors (Lipinski definition) is 3. The third-order valence-electron chi connectivity index (χ3n) is 2.62. The average molecular weight is 229 g/mol. The van der Waals surface area contributed by atoms with Crippen molar-refractivity contribution in [1.82, 2.24) is 0 Å². The molecule has 0 N–H and O–H groups in total. The van der Waals surface area contributed by atoms with Gasteiger partial charge in [0, 0.05) is 18.3 Å². The first-order valence-electron chi connectivity index (χ1n) is 5.64. The van der Waals surface area contributed by atoms with Crippen molar-refractivity contribution in [3.05, 3.63) is 47.7 Å². The molecule has 1 aromatic carbocycles. The number of aldehydes is 1. The molecule has 0 atom stereocenters. The van der Waals surface area contributed by atoms with Gasteiger partial charge in [-0.3, -0.25) is 4.79 Å². The first-order chi connectivity index (χ1) is 8.24. The molecule has 0 saturated carbocycles. The molecule has 0 aliphatic heterocycles. The summed E-state index contributed by atoms with van der Waals surface area (Å²) in [5.74, 6) is 1.05. The fraction of sp³-hybridized carbons (Fsp3) is 0.214. The normalized spacial score (nSPS) is 10.2. The summed E-state index contributed by atoms with van der Waals surface area (Å²) in [7, 11) is 0. The van der Waals surface area contributed by atoms with Gasteiger partial charge in [-0.25, -0.2) is 0 Å². The lowest BCUT2D eigenvalue weighted by molar-refractivity contribution is 0.110. The Morgan fingerprint density at radius 1 is 1.29 bits per heavy atom. The largest absolute Gasteiger partial charge is 0.437 e. The lowest BCUT2D eigenvalue weighted by atomic mass is 10.2. The summed E-state index contributed by atoms with van der Waals surface area (Å²) >= 11 is 0. The molecule has 2 rings (SSSR count). The average Bonchev–Trinajstić information content (AvgIpc) is 2.79. The minimum Gasteiger partial charge on any atom is -0.437 e. The molecule has 88 valence electrons. The van der Waals surface area contributed by atoms with Crippen molar-refractivity contribution in [2.45, 2.75) is 13.8 Å². The minimum atomic E-state index is 0.353. The molecule has 0 aliphatic rings. The fourth-order valence-electron chi connectivity index (χ4n) is 1.81. The maximum Gasteiger partial charge on any atom is 0.200 e. The summed E-state index contributed by atoms with van der Waals surface area (Å²) in [5, 5.41) is 0. The van der Waals surface area contributed by atoms with Gasteiger partial charge in [0.25, 0.3) is 0 Å². The summed E-state index contributed by atoms with van der Waals surface area (Å²) in [4.78, 5) is 12.6. The van der Waals surface area contributed by atoms with Gasteiger partial charge in [0.05, 0.1) is 0 Å². The maximum absolute atomic E-state index is 10.6. The number of carbonyl (C=O) groups is 1. The number of nitrogens with zero attached hydrogens (tertiary/aromatic N) is 1. The lowest BCUT2D eigenvalue weighted by Crippen LogP contribution is -2.15. The van der Waals surface area contributed by atoms with E-state index in [9.17, 15) is 4.79 Å². The van der Waals surface area contributed by atoms with Gasteiger partial charge in [0.2, 0.25) is 5.88 Å². The van der Waals surface area contributed by atoms with Crippen molar-refractivity contribution in [2.75, 3.05) is 11.4 Å². The molecule has 1 aromatic heterocycles. The second-order valence-electron chi connectivity index (χ2n) is 3.88. The number of hydrogen-bond donors (Lipinski definition) is 0. The summed E-state index contributed by atoms with van der Waals surface area (Å²) < 4.78 is 5.44. The quantitative estimate of drug-likeness (QED) is 0.751. The highest BCUT2D eigenvalue weighted by Gasteiger charge is 2.11. The van der Waals surface area contributed by atoms with Crippen molar-refractivity contribution < 1.29 is 9.21 Å². The van der Waals surface area contributed by atoms with Gasteiger partial charge in [-0.2, -0.15) is 0 Å². The second-order valence-corrected chi connectivity index (χ2v) is 3.88. The van der Waals surface area contributed by atoms with Gasteiger partial charge in [0.1, 0.15) is 0 Å². The summed E-state index contributed by atoms with van der Waals surface area (Å²) in [6.07, 6.45) is 0.716. The fourth-order valence-corrected chi connectivity index (χ4v) is 1.81. The van der Waals surface area contributed by atoms with Crippen LogP contribution in [-0.4, -0.2) is 12.8 Å². The maximum atomic E-state index is 10.6. The number of rotatable bonds is 4. The number of carbonyl (C=O) groups excluding carboxylic acids is 1. The van der Waals surface area contributed by atoms with Crippen molar-refractivity contribution in [2.24, 2.45) is 0 Å². The molecular formula is C14H15NO2. The van der Waals surface area contributed by atoms with Crippen LogP contribution in [-0.2, 0) is 0 Å². The van der Waals surface area contributed by atoms with Crippen LogP contribution in [0.15, 0.2) is 40.8 Å². The van der Waals surface area contributed by atoms with Crippen LogP contribution < -0.4 is 4.90 Å². The third-order valence-corrected chi connectivity index (χ3v) is 2.62. The molecule has 3 heteroatoms. The van der Waals surface area contributed by atoms with Crippen LogP contribution >= 0.6 is 0 Å². The van der Waals surface area contributed by atoms with E-state index in [-0.39, 0.29) is 0 Å². The van der Waals surface area contributed by atoms with Crippen LogP contribution in [0.1, 0.15) is 23.0 Å². The first-order valence-corrected chi connectivity index (χ1v) is 5.64. The molecule has 1 heterocycles. The molecule has 0 bridgehead atoms. The van der Waals surface area contributed by atoms with Crippen LogP contribution in [0.2, 0.25) is 0 Å². The van der Waals surface area contributed by atoms with Crippen LogP contribution in [0, 0.1) is 6.92 Å². The molecule has 0 radical (unpaired) electrons. The van der Waals surface area contributed by atoms with E-state index in [1.165, 1.54) is 5.56 Å². The Bertz CT molecular complexity index is 516. The third kappa shape index (κ3) is 2.38. The predicted molar refractivity (Wildman–Crippen MR) is 68.0 cm³/mol. The predicted octanol–water partition coefficient (Wildman–Crippen LogP) is 3.56. The van der Waals surface area contributed by atoms with Crippen molar-refractivity contribution in [3.8, 4) is 0 Å². The molecule has 2 aromatic rings. The van der Waals surface area contributed by atoms with Gasteiger partial charge >= 0.3 is 0 Å². The molecule has 0 amide bonds. The van der Waals surface area contributed by atoms with Gasteiger partial charge in [-0.15, -0.1) is 0 Å². The smallest absolute Gasteiger partial charge is 0.200 e. The minimum absolute atomic E-state index is 0.353. The Hall–Kier alpha value is -2.03. The standard InChI is InChI=1S/C14H15NO2/c1-3-15(12-6-4-5-11(2)9-12)14-8-7-13(10-16)17-14/h4-10H,3H2,1-2H3. The van der Waals surface area contributed by atoms with Crippen LogP contribution in [0.4, 0.5) is 11.6 Å². The summed E-state index contributed by atoms with van der Waals surface area (Å²) in [6, 6.07) is 11.7. The Morgan fingerprint density at radius 3 is 2.71 bits per heavy atom. The number of anilines is 2.